The molecule has 0 atom stereocenters. The molecule has 0 unspecified atom stereocenters. The molecule has 0 bridgehead atoms. The van der Waals surface area contributed by atoms with Crippen LogP contribution in [0.4, 0.5) is 0 Å². The molecule has 0 saturated carbocycles. The van der Waals surface area contributed by atoms with Gasteiger partial charge in [0.05, 0.1) is 0 Å². The van der Waals surface area contributed by atoms with E-state index in [0.29, 0.717) is 0 Å². The van der Waals surface area contributed by atoms with Crippen LogP contribution in [-0.4, -0.2) is 0 Å². The van der Waals surface area contributed by atoms with Crippen LogP contribution in [0, 0.1) is 0 Å². The summed E-state index contributed by atoms with van der Waals surface area (Å²) >= 11 is 5.58. The van der Waals surface area contributed by atoms with Gasteiger partial charge in [-0.15, -0.1) is 0 Å². The van der Waals surface area contributed by atoms with Gasteiger partial charge in [-0.05, 0) is 29.3 Å². The van der Waals surface area contributed by atoms with Gasteiger partial charge in [0, 0.05) is 5.02 Å². The van der Waals surface area contributed by atoms with Crippen molar-refractivity contribution in [1.29, 1.82) is 0 Å². The molecule has 0 spiro atoms. The summed E-state index contributed by atoms with van der Waals surface area (Å²) < 4.78 is 0. The molecule has 0 nitrogen and oxygen atoms in total. The van der Waals surface area contributed by atoms with Gasteiger partial charge in [-0.2, -0.15) is 0 Å². The molecule has 2 aliphatic carbocycles. The second kappa shape index (κ2) is 0.846. The molecule has 0 aliphatic heterocycles. The Labute approximate surface area is 46.7 Å². The first-order valence-corrected chi connectivity index (χ1v) is 2.55. The largest absolute Gasteiger partial charge is 0.0843 e. The third kappa shape index (κ3) is 0.372. The highest BCUT2D eigenvalue weighted by Gasteiger charge is 2.11. The molecule has 2 rings (SSSR count). The van der Waals surface area contributed by atoms with E-state index in [1.54, 1.807) is 0 Å². The van der Waals surface area contributed by atoms with Crippen LogP contribution in [0.25, 0.3) is 11.1 Å². The van der Waals surface area contributed by atoms with E-state index in [1.165, 1.54) is 11.1 Å². The van der Waals surface area contributed by atoms with E-state index in [-0.39, 0.29) is 0 Å². The number of hydrogen-bond acceptors (Lipinski definition) is 0. The highest BCUT2D eigenvalue weighted by Crippen LogP contribution is 2.37. The minimum Gasteiger partial charge on any atom is -0.0843 e. The Morgan fingerprint density at radius 2 is 1.57 bits per heavy atom. The van der Waals surface area contributed by atoms with Crippen LogP contribution in [0.1, 0.15) is 0 Å². The molecule has 0 radical (unpaired) electrons. The molecule has 0 heterocycles. The SMILES string of the molecule is Clc1cc2cc-2c1. The maximum atomic E-state index is 5.58. The molecule has 2 aliphatic rings. The van der Waals surface area contributed by atoms with Crippen molar-refractivity contribution in [2.24, 2.45) is 0 Å². The van der Waals surface area contributed by atoms with Gasteiger partial charge in [0.1, 0.15) is 0 Å². The molecular formula is C6H3Cl. The molecule has 34 valence electrons. The van der Waals surface area contributed by atoms with Crippen molar-refractivity contribution in [2.75, 3.05) is 0 Å². The van der Waals surface area contributed by atoms with Gasteiger partial charge in [-0.25, -0.2) is 0 Å². The topological polar surface area (TPSA) is 0 Å². The number of hydrogen-bond donors (Lipinski definition) is 0. The van der Waals surface area contributed by atoms with Crippen molar-refractivity contribution in [3.63, 3.8) is 0 Å². The number of fused-ring (bicyclic) bond motifs is 1. The lowest BCUT2D eigenvalue weighted by Gasteiger charge is -1.66. The summed E-state index contributed by atoms with van der Waals surface area (Å²) in [7, 11) is 0. The first-order chi connectivity index (χ1) is 3.36. The van der Waals surface area contributed by atoms with Crippen LogP contribution >= 0.6 is 11.6 Å². The van der Waals surface area contributed by atoms with Gasteiger partial charge < -0.3 is 0 Å². The molecule has 1 heteroatoms. The van der Waals surface area contributed by atoms with Gasteiger partial charge >= 0.3 is 0 Å². The van der Waals surface area contributed by atoms with Gasteiger partial charge in [-0.3, -0.25) is 0 Å². The van der Waals surface area contributed by atoms with Crippen molar-refractivity contribution in [2.45, 2.75) is 0 Å². The molecule has 0 N–H and O–H groups in total. The van der Waals surface area contributed by atoms with Gasteiger partial charge in [-0.1, -0.05) is 11.6 Å². The first-order valence-electron chi connectivity index (χ1n) is 2.17. The highest BCUT2D eigenvalue weighted by atomic mass is 35.5. The van der Waals surface area contributed by atoms with Crippen molar-refractivity contribution in [1.82, 2.24) is 0 Å². The lowest BCUT2D eigenvalue weighted by atomic mass is 10.6. The van der Waals surface area contributed by atoms with Crippen molar-refractivity contribution < 1.29 is 0 Å². The van der Waals surface area contributed by atoms with E-state index in [4.69, 9.17) is 11.6 Å². The molecule has 0 aromatic heterocycles. The van der Waals surface area contributed by atoms with E-state index in [9.17, 15) is 0 Å². The average Bonchev–Trinajstić information content (AvgIpc) is 2.15. The predicted octanol–water partition coefficient (Wildman–Crippen LogP) is 2.32. The maximum Gasteiger partial charge on any atom is 0.0418 e. The van der Waals surface area contributed by atoms with Gasteiger partial charge in [0.25, 0.3) is 0 Å². The zero-order chi connectivity index (χ0) is 4.85. The van der Waals surface area contributed by atoms with Crippen LogP contribution in [-0.2, 0) is 0 Å². The third-order valence-electron chi connectivity index (χ3n) is 1.15. The number of rotatable bonds is 0. The summed E-state index contributed by atoms with van der Waals surface area (Å²) in [4.78, 5) is 0. The monoisotopic (exact) mass is 110 g/mol. The first kappa shape index (κ1) is 3.50. The molecule has 0 amide bonds. The second-order valence-electron chi connectivity index (χ2n) is 1.73. The molecule has 0 aromatic rings. The predicted molar refractivity (Wildman–Crippen MR) is 30.4 cm³/mol. The molecular weight excluding hydrogens is 108 g/mol. The molecule has 7 heavy (non-hydrogen) atoms. The molecule has 0 aromatic carbocycles. The van der Waals surface area contributed by atoms with Gasteiger partial charge in [0.2, 0.25) is 0 Å². The van der Waals surface area contributed by atoms with Gasteiger partial charge in [0.15, 0.2) is 0 Å². The fraction of sp³-hybridized carbons (Fsp3) is 0. The standard InChI is InChI=1S/C6H3Cl/c7-6-2-4-1-5(4)3-6/h1-3H. The molecule has 0 fully saturated rings. The quantitative estimate of drug-likeness (QED) is 0.488. The lowest BCUT2D eigenvalue weighted by Crippen LogP contribution is -1.38. The minimum absolute atomic E-state index is 0.868. The van der Waals surface area contributed by atoms with E-state index in [1.807, 2.05) is 12.1 Å². The zero-order valence-electron chi connectivity index (χ0n) is 3.61. The number of benzene rings is 1. The molecule has 0 saturated heterocycles. The summed E-state index contributed by atoms with van der Waals surface area (Å²) in [5, 5.41) is 0.868. The average molecular weight is 111 g/mol. The maximum absolute atomic E-state index is 5.58. The minimum atomic E-state index is 0.868. The van der Waals surface area contributed by atoms with Crippen LogP contribution in [0.2, 0.25) is 5.02 Å². The normalized spacial score (nSPS) is 11.6. The van der Waals surface area contributed by atoms with Crippen LogP contribution in [0.15, 0.2) is 18.2 Å². The fourth-order valence-electron chi connectivity index (χ4n) is 0.720. The Bertz CT molecular complexity index is 195. The summed E-state index contributed by atoms with van der Waals surface area (Å²) in [5.74, 6) is 0. The van der Waals surface area contributed by atoms with E-state index < -0.39 is 0 Å². The van der Waals surface area contributed by atoms with Crippen molar-refractivity contribution >= 4 is 11.6 Å². The number of halogens is 1. The Hall–Kier alpha value is -0.490. The highest BCUT2D eigenvalue weighted by molar-refractivity contribution is 6.32. The summed E-state index contributed by atoms with van der Waals surface area (Å²) in [6.07, 6.45) is 0. The van der Waals surface area contributed by atoms with Crippen molar-refractivity contribution in [3.8, 4) is 11.1 Å². The Morgan fingerprint density at radius 1 is 1.00 bits per heavy atom. The lowest BCUT2D eigenvalue weighted by molar-refractivity contribution is 1.99. The summed E-state index contributed by atoms with van der Waals surface area (Å²) in [6, 6.07) is 6.04. The zero-order valence-corrected chi connectivity index (χ0v) is 4.37. The summed E-state index contributed by atoms with van der Waals surface area (Å²) in [5.41, 5.74) is 2.62. The fourth-order valence-corrected chi connectivity index (χ4v) is 0.955. The van der Waals surface area contributed by atoms with E-state index in [2.05, 4.69) is 6.07 Å². The van der Waals surface area contributed by atoms with Crippen molar-refractivity contribution in [3.05, 3.63) is 23.2 Å². The Morgan fingerprint density at radius 3 is 1.86 bits per heavy atom. The third-order valence-corrected chi connectivity index (χ3v) is 1.37. The summed E-state index contributed by atoms with van der Waals surface area (Å²) in [6.45, 7) is 0. The smallest absolute Gasteiger partial charge is 0.0418 e. The van der Waals surface area contributed by atoms with Crippen LogP contribution in [0.5, 0.6) is 0 Å². The van der Waals surface area contributed by atoms with Crippen LogP contribution in [0.3, 0.4) is 0 Å². The Balaban J connectivity index is 2.74. The van der Waals surface area contributed by atoms with E-state index in [0.717, 1.165) is 5.02 Å². The Kier molecular flexibility index (Phi) is 0.424. The van der Waals surface area contributed by atoms with E-state index >= 15 is 0 Å². The van der Waals surface area contributed by atoms with Crippen LogP contribution < -0.4 is 0 Å². The second-order valence-corrected chi connectivity index (χ2v) is 2.17.